The van der Waals surface area contributed by atoms with E-state index >= 15 is 0 Å². The van der Waals surface area contributed by atoms with Crippen molar-refractivity contribution in [1.82, 2.24) is 5.32 Å². The molecule has 0 aromatic heterocycles. The van der Waals surface area contributed by atoms with Gasteiger partial charge in [-0.1, -0.05) is 184 Å². The Morgan fingerprint density at radius 1 is 0.559 bits per heavy atom. The molecule has 1 amide bonds. The van der Waals surface area contributed by atoms with Crippen molar-refractivity contribution in [3.8, 4) is 0 Å². The summed E-state index contributed by atoms with van der Waals surface area (Å²) in [5.74, 6) is -0.196. The van der Waals surface area contributed by atoms with Crippen LogP contribution in [-0.2, 0) is 14.3 Å². The summed E-state index contributed by atoms with van der Waals surface area (Å²) in [4.78, 5) is 13.0. The summed E-state index contributed by atoms with van der Waals surface area (Å²) < 4.78 is 11.2. The highest BCUT2D eigenvalue weighted by atomic mass is 16.7. The van der Waals surface area contributed by atoms with Gasteiger partial charge in [-0.15, -0.1) is 0 Å². The first-order valence-corrected chi connectivity index (χ1v) is 24.4. The smallest absolute Gasteiger partial charge is 0.220 e. The lowest BCUT2D eigenvalue weighted by Gasteiger charge is -2.40. The lowest BCUT2D eigenvalue weighted by Crippen LogP contribution is -2.60. The maximum Gasteiger partial charge on any atom is 0.220 e. The summed E-state index contributed by atoms with van der Waals surface area (Å²) in [7, 11) is 0. The first-order valence-electron chi connectivity index (χ1n) is 24.4. The molecule has 1 aliphatic rings. The van der Waals surface area contributed by atoms with Crippen molar-refractivity contribution in [2.45, 2.75) is 249 Å². The third-order valence-electron chi connectivity index (χ3n) is 11.4. The second kappa shape index (κ2) is 40.2. The van der Waals surface area contributed by atoms with Crippen LogP contribution in [0, 0.1) is 0 Å². The van der Waals surface area contributed by atoms with Gasteiger partial charge < -0.3 is 40.3 Å². The van der Waals surface area contributed by atoms with Crippen molar-refractivity contribution in [2.75, 3.05) is 13.2 Å². The highest BCUT2D eigenvalue weighted by molar-refractivity contribution is 5.76. The van der Waals surface area contributed by atoms with E-state index in [1.807, 2.05) is 6.08 Å². The van der Waals surface area contributed by atoms with Gasteiger partial charge in [0.25, 0.3) is 0 Å². The van der Waals surface area contributed by atoms with Gasteiger partial charge in [-0.05, 0) is 64.2 Å². The molecule has 1 heterocycles. The average molecular weight is 834 g/mol. The molecule has 0 saturated carbocycles. The van der Waals surface area contributed by atoms with Gasteiger partial charge in [0.15, 0.2) is 6.29 Å². The molecular weight excluding hydrogens is 743 g/mol. The van der Waals surface area contributed by atoms with Gasteiger partial charge in [0.2, 0.25) is 5.91 Å². The zero-order valence-corrected chi connectivity index (χ0v) is 37.7. The normalized spacial score (nSPS) is 21.1. The van der Waals surface area contributed by atoms with Crippen LogP contribution in [0.15, 0.2) is 48.6 Å². The molecule has 59 heavy (non-hydrogen) atoms. The fourth-order valence-electron chi connectivity index (χ4n) is 7.40. The van der Waals surface area contributed by atoms with Crippen LogP contribution in [-0.4, -0.2) is 87.5 Å². The van der Waals surface area contributed by atoms with Gasteiger partial charge in [0, 0.05) is 6.42 Å². The largest absolute Gasteiger partial charge is 0.394 e. The summed E-state index contributed by atoms with van der Waals surface area (Å²) in [5.41, 5.74) is 0. The molecule has 0 bridgehead atoms. The van der Waals surface area contributed by atoms with Crippen LogP contribution in [0.5, 0.6) is 0 Å². The lowest BCUT2D eigenvalue weighted by molar-refractivity contribution is -0.302. The minimum Gasteiger partial charge on any atom is -0.394 e. The van der Waals surface area contributed by atoms with E-state index in [1.165, 1.54) is 135 Å². The quantitative estimate of drug-likeness (QED) is 0.0264. The first-order chi connectivity index (χ1) is 28.8. The highest BCUT2D eigenvalue weighted by Crippen LogP contribution is 2.22. The van der Waals surface area contributed by atoms with Crippen molar-refractivity contribution < 1.29 is 39.8 Å². The van der Waals surface area contributed by atoms with E-state index in [-0.39, 0.29) is 12.5 Å². The number of hydrogen-bond donors (Lipinski definition) is 6. The van der Waals surface area contributed by atoms with Crippen LogP contribution in [0.3, 0.4) is 0 Å². The van der Waals surface area contributed by atoms with Crippen molar-refractivity contribution in [2.24, 2.45) is 0 Å². The summed E-state index contributed by atoms with van der Waals surface area (Å²) in [6.45, 7) is 3.70. The number of allylic oxidation sites excluding steroid dienone is 7. The van der Waals surface area contributed by atoms with Crippen LogP contribution in [0.1, 0.15) is 206 Å². The second-order valence-corrected chi connectivity index (χ2v) is 16.9. The molecular formula is C50H91NO8. The molecule has 344 valence electrons. The van der Waals surface area contributed by atoms with Crippen LogP contribution in [0.2, 0.25) is 0 Å². The topological polar surface area (TPSA) is 149 Å². The number of ether oxygens (including phenoxy) is 2. The SMILES string of the molecule is CCCC/C=C/CC/C=C/CC/C=C/C(O)C(COC1OC(CO)C(O)C(O)C1O)NC(=O)CCCCCCCCCC/C=C\CCCCCCCCCCCCCC. The maximum absolute atomic E-state index is 13.0. The molecule has 7 unspecified atom stereocenters. The Labute approximate surface area is 361 Å². The fraction of sp³-hybridized carbons (Fsp3) is 0.820. The van der Waals surface area contributed by atoms with E-state index in [0.717, 1.165) is 51.4 Å². The summed E-state index contributed by atoms with van der Waals surface area (Å²) in [5, 5.41) is 54.1. The van der Waals surface area contributed by atoms with Gasteiger partial charge in [0.1, 0.15) is 24.4 Å². The van der Waals surface area contributed by atoms with Crippen molar-refractivity contribution in [3.63, 3.8) is 0 Å². The minimum atomic E-state index is -1.57. The number of aliphatic hydroxyl groups excluding tert-OH is 5. The monoisotopic (exact) mass is 834 g/mol. The molecule has 1 rings (SSSR count). The van der Waals surface area contributed by atoms with Crippen LogP contribution in [0.4, 0.5) is 0 Å². The fourth-order valence-corrected chi connectivity index (χ4v) is 7.40. The Hall–Kier alpha value is -1.85. The predicted octanol–water partition coefficient (Wildman–Crippen LogP) is 10.6. The molecule has 0 aliphatic carbocycles. The third kappa shape index (κ3) is 30.8. The van der Waals surface area contributed by atoms with Crippen LogP contribution in [0.25, 0.3) is 0 Å². The molecule has 0 aromatic rings. The number of carbonyl (C=O) groups is 1. The van der Waals surface area contributed by atoms with Gasteiger partial charge in [-0.3, -0.25) is 4.79 Å². The Balaban J connectivity index is 2.27. The number of amides is 1. The van der Waals surface area contributed by atoms with E-state index in [2.05, 4.69) is 55.6 Å². The molecule has 1 fully saturated rings. The van der Waals surface area contributed by atoms with E-state index < -0.39 is 49.5 Å². The summed E-state index contributed by atoms with van der Waals surface area (Å²) in [6.07, 6.45) is 44.6. The van der Waals surface area contributed by atoms with Crippen molar-refractivity contribution in [1.29, 1.82) is 0 Å². The third-order valence-corrected chi connectivity index (χ3v) is 11.4. The maximum atomic E-state index is 13.0. The van der Waals surface area contributed by atoms with Gasteiger partial charge in [-0.2, -0.15) is 0 Å². The number of nitrogens with one attached hydrogen (secondary N) is 1. The zero-order valence-electron chi connectivity index (χ0n) is 37.7. The van der Waals surface area contributed by atoms with Crippen LogP contribution >= 0.6 is 0 Å². The number of unbranched alkanes of at least 4 members (excludes halogenated alkanes) is 24. The van der Waals surface area contributed by atoms with Gasteiger partial charge >= 0.3 is 0 Å². The molecule has 6 N–H and O–H groups in total. The van der Waals surface area contributed by atoms with E-state index in [0.29, 0.717) is 6.42 Å². The number of rotatable bonds is 40. The van der Waals surface area contributed by atoms with E-state index in [1.54, 1.807) is 6.08 Å². The summed E-state index contributed by atoms with van der Waals surface area (Å²) >= 11 is 0. The second-order valence-electron chi connectivity index (χ2n) is 16.9. The molecule has 1 saturated heterocycles. The van der Waals surface area contributed by atoms with Gasteiger partial charge in [0.05, 0.1) is 25.4 Å². The van der Waals surface area contributed by atoms with Crippen molar-refractivity contribution in [3.05, 3.63) is 48.6 Å². The lowest BCUT2D eigenvalue weighted by atomic mass is 9.99. The predicted molar refractivity (Wildman–Crippen MR) is 244 cm³/mol. The minimum absolute atomic E-state index is 0.196. The number of carbonyl (C=O) groups excluding carboxylic acids is 1. The highest BCUT2D eigenvalue weighted by Gasteiger charge is 2.44. The Kier molecular flexibility index (Phi) is 37.6. The van der Waals surface area contributed by atoms with E-state index in [4.69, 9.17) is 9.47 Å². The number of hydrogen-bond acceptors (Lipinski definition) is 8. The Morgan fingerprint density at radius 2 is 0.983 bits per heavy atom. The molecule has 1 aliphatic heterocycles. The zero-order chi connectivity index (χ0) is 43.0. The Morgan fingerprint density at radius 3 is 1.47 bits per heavy atom. The van der Waals surface area contributed by atoms with Gasteiger partial charge in [-0.25, -0.2) is 0 Å². The van der Waals surface area contributed by atoms with Crippen molar-refractivity contribution >= 4 is 5.91 Å². The van der Waals surface area contributed by atoms with E-state index in [9.17, 15) is 30.3 Å². The first kappa shape index (κ1) is 55.2. The molecule has 0 spiro atoms. The average Bonchev–Trinajstić information content (AvgIpc) is 3.23. The molecule has 7 atom stereocenters. The summed E-state index contributed by atoms with van der Waals surface area (Å²) in [6, 6.07) is -0.828. The molecule has 0 radical (unpaired) electrons. The Bertz CT molecular complexity index is 1060. The number of aliphatic hydroxyl groups is 5. The standard InChI is InChI=1S/C50H91NO8/c1-3-5-7-9-11-13-15-17-18-19-20-21-22-23-24-25-26-27-28-30-32-34-36-38-40-46(54)51-43(42-58-50-49(57)48(56)47(55)45(41-52)59-50)44(53)39-37-35-33-31-29-16-14-12-10-8-6-4-2/h10,12,23-24,29,31,37,39,43-45,47-50,52-53,55-57H,3-9,11,13-22,25-28,30,32-36,38,40-42H2,1-2H3,(H,51,54)/b12-10+,24-23-,31-29+,39-37+. The van der Waals surface area contributed by atoms with Crippen LogP contribution < -0.4 is 5.32 Å². The molecule has 9 heteroatoms. The molecule has 0 aromatic carbocycles. The molecule has 9 nitrogen and oxygen atoms in total.